The number of fused-ring (bicyclic) bond motifs is 2. The maximum Gasteiger partial charge on any atom is 0.255 e. The van der Waals surface area contributed by atoms with E-state index in [2.05, 4.69) is 60.4 Å². The molecule has 0 radical (unpaired) electrons. The minimum absolute atomic E-state index is 0.126. The van der Waals surface area contributed by atoms with Crippen LogP contribution in [-0.4, -0.2) is 54.3 Å². The molecule has 3 atom stereocenters. The van der Waals surface area contributed by atoms with E-state index in [1.807, 2.05) is 24.3 Å². The molecule has 2 aliphatic heterocycles. The van der Waals surface area contributed by atoms with Crippen LogP contribution in [0.15, 0.2) is 103 Å². The van der Waals surface area contributed by atoms with Gasteiger partial charge in [0.2, 0.25) is 5.91 Å². The number of nitrogens with zero attached hydrogens (tertiary/aromatic N) is 1. The Balaban J connectivity index is 0.878. The van der Waals surface area contributed by atoms with Crippen LogP contribution in [0, 0.1) is 0 Å². The Labute approximate surface area is 281 Å². The normalized spacial score (nSPS) is 20.2. The Morgan fingerprint density at radius 2 is 1.52 bits per heavy atom. The van der Waals surface area contributed by atoms with Crippen molar-refractivity contribution in [3.8, 4) is 17.2 Å². The lowest BCUT2D eigenvalue weighted by molar-refractivity contribution is -0.126. The minimum atomic E-state index is -0.481. The first-order valence-corrected chi connectivity index (χ1v) is 16.7. The van der Waals surface area contributed by atoms with Crippen LogP contribution in [0.3, 0.4) is 0 Å². The Morgan fingerprint density at radius 3 is 2.29 bits per heavy atom. The van der Waals surface area contributed by atoms with Crippen molar-refractivity contribution in [2.24, 2.45) is 0 Å². The maximum atomic E-state index is 13.0. The molecule has 1 aliphatic carbocycles. The van der Waals surface area contributed by atoms with Gasteiger partial charge in [0.25, 0.3) is 5.91 Å². The highest BCUT2D eigenvalue weighted by Gasteiger charge is 2.38. The topological polar surface area (TPSA) is 97.3 Å². The van der Waals surface area contributed by atoms with E-state index in [4.69, 9.17) is 14.2 Å². The highest BCUT2D eigenvalue weighted by Crippen LogP contribution is 2.47. The minimum Gasteiger partial charge on any atom is -0.508 e. The SMILES string of the molecule is C=C1CC[C@H](N2Cc3cc(OCCOCCOc4ccc([C@@H]5c6ccc(O)cc6CC[C@@H]5c5ccccc5)cc4)ccc3C2=O)C(=O)N1. The van der Waals surface area contributed by atoms with Crippen LogP contribution >= 0.6 is 0 Å². The molecule has 3 aliphatic rings. The van der Waals surface area contributed by atoms with Gasteiger partial charge in [-0.05, 0) is 102 Å². The van der Waals surface area contributed by atoms with E-state index in [1.165, 1.54) is 22.3 Å². The van der Waals surface area contributed by atoms with Crippen LogP contribution in [0.1, 0.15) is 69.3 Å². The highest BCUT2D eigenvalue weighted by molar-refractivity contribution is 6.01. The third-order valence-corrected chi connectivity index (χ3v) is 9.66. The summed E-state index contributed by atoms with van der Waals surface area (Å²) in [4.78, 5) is 27.0. The molecular weight excluding hydrogens is 604 g/mol. The van der Waals surface area contributed by atoms with Crippen LogP contribution in [0.5, 0.6) is 17.2 Å². The zero-order chi connectivity index (χ0) is 33.0. The second-order valence-electron chi connectivity index (χ2n) is 12.7. The van der Waals surface area contributed by atoms with Crippen molar-refractivity contribution in [1.82, 2.24) is 10.2 Å². The van der Waals surface area contributed by atoms with Crippen LogP contribution in [0.2, 0.25) is 0 Å². The van der Waals surface area contributed by atoms with Gasteiger partial charge in [-0.1, -0.05) is 55.1 Å². The van der Waals surface area contributed by atoms with E-state index >= 15 is 0 Å². The first-order chi connectivity index (χ1) is 23.4. The summed E-state index contributed by atoms with van der Waals surface area (Å²) in [6.07, 6.45) is 3.21. The maximum absolute atomic E-state index is 13.0. The Morgan fingerprint density at radius 1 is 0.771 bits per heavy atom. The number of hydrogen-bond acceptors (Lipinski definition) is 6. The van der Waals surface area contributed by atoms with Crippen LogP contribution < -0.4 is 14.8 Å². The molecule has 8 nitrogen and oxygen atoms in total. The molecular formula is C40H40N2O6. The van der Waals surface area contributed by atoms with E-state index in [0.29, 0.717) is 74.5 Å². The number of allylic oxidation sites excluding steroid dienone is 1. The van der Waals surface area contributed by atoms with Gasteiger partial charge in [0, 0.05) is 23.7 Å². The predicted octanol–water partition coefficient (Wildman–Crippen LogP) is 6.48. The van der Waals surface area contributed by atoms with Crippen LogP contribution in [0.4, 0.5) is 0 Å². The number of ether oxygens (including phenoxy) is 3. The summed E-state index contributed by atoms with van der Waals surface area (Å²) in [7, 11) is 0. The lowest BCUT2D eigenvalue weighted by atomic mass is 9.69. The monoisotopic (exact) mass is 644 g/mol. The fourth-order valence-corrected chi connectivity index (χ4v) is 7.31. The van der Waals surface area contributed by atoms with E-state index < -0.39 is 6.04 Å². The number of rotatable bonds is 11. The molecule has 1 saturated heterocycles. The molecule has 0 bridgehead atoms. The predicted molar refractivity (Wildman–Crippen MR) is 182 cm³/mol. The standard InChI is InChI=1S/C40H40N2O6/c1-26-7-18-37(39(44)41-26)42-25-30-24-33(14-17-36(30)40(42)45)48-22-20-46-19-21-47-32-12-8-28(9-13-32)38-34(27-5-3-2-4-6-27)15-10-29-23-31(43)11-16-35(29)38/h2-6,8-9,11-14,16-17,23-24,34,37-38,43H,1,7,10,15,18-22,25H2,(H,41,44)/t34-,37+,38+/m1/s1. The van der Waals surface area contributed by atoms with Crippen molar-refractivity contribution < 1.29 is 28.9 Å². The summed E-state index contributed by atoms with van der Waals surface area (Å²) in [6.45, 7) is 5.80. The zero-order valence-electron chi connectivity index (χ0n) is 26.9. The Hall–Kier alpha value is -5.08. The van der Waals surface area contributed by atoms with E-state index in [1.54, 1.807) is 23.1 Å². The number of phenols is 1. The summed E-state index contributed by atoms with van der Waals surface area (Å²) >= 11 is 0. The van der Waals surface area contributed by atoms with Crippen LogP contribution in [-0.2, 0) is 22.5 Å². The van der Waals surface area contributed by atoms with Crippen molar-refractivity contribution >= 4 is 11.8 Å². The average molecular weight is 645 g/mol. The number of benzene rings is 4. The van der Waals surface area contributed by atoms with Crippen molar-refractivity contribution in [3.63, 3.8) is 0 Å². The zero-order valence-corrected chi connectivity index (χ0v) is 26.9. The number of phenolic OH excluding ortho intramolecular Hbond substituents is 1. The number of piperidine rings is 1. The molecule has 0 spiro atoms. The van der Waals surface area contributed by atoms with Gasteiger partial charge in [0.05, 0.1) is 13.2 Å². The van der Waals surface area contributed by atoms with Gasteiger partial charge in [-0.25, -0.2) is 0 Å². The molecule has 2 heterocycles. The summed E-state index contributed by atoms with van der Waals surface area (Å²) in [5.74, 6) is 2.01. The number of carbonyl (C=O) groups excluding carboxylic acids is 2. The highest BCUT2D eigenvalue weighted by atomic mass is 16.5. The smallest absolute Gasteiger partial charge is 0.255 e. The molecule has 0 unspecified atom stereocenters. The molecule has 2 N–H and O–H groups in total. The number of carbonyl (C=O) groups is 2. The van der Waals surface area contributed by atoms with Gasteiger partial charge in [-0.15, -0.1) is 0 Å². The number of hydrogen-bond donors (Lipinski definition) is 2. The lowest BCUT2D eigenvalue weighted by Crippen LogP contribution is -2.49. The number of aromatic hydroxyl groups is 1. The van der Waals surface area contributed by atoms with E-state index in [0.717, 1.165) is 24.2 Å². The summed E-state index contributed by atoms with van der Waals surface area (Å²) in [5.41, 5.74) is 7.21. The quantitative estimate of drug-likeness (QED) is 0.182. The fourth-order valence-electron chi connectivity index (χ4n) is 7.31. The molecule has 7 rings (SSSR count). The number of nitrogens with one attached hydrogen (secondary N) is 1. The molecule has 8 heteroatoms. The van der Waals surface area contributed by atoms with Gasteiger partial charge in [-0.2, -0.15) is 0 Å². The van der Waals surface area contributed by atoms with E-state index in [-0.39, 0.29) is 17.7 Å². The summed E-state index contributed by atoms with van der Waals surface area (Å²) < 4.78 is 17.6. The lowest BCUT2D eigenvalue weighted by Gasteiger charge is -2.34. The van der Waals surface area contributed by atoms with Crippen molar-refractivity contribution in [2.75, 3.05) is 26.4 Å². The second kappa shape index (κ2) is 14.0. The van der Waals surface area contributed by atoms with Gasteiger partial charge >= 0.3 is 0 Å². The molecule has 0 saturated carbocycles. The third kappa shape index (κ3) is 6.66. The van der Waals surface area contributed by atoms with Gasteiger partial charge in [-0.3, -0.25) is 9.59 Å². The molecule has 0 aromatic heterocycles. The summed E-state index contributed by atoms with van der Waals surface area (Å²) in [6, 6.07) is 29.8. The third-order valence-electron chi connectivity index (χ3n) is 9.66. The molecule has 2 amide bonds. The first-order valence-electron chi connectivity index (χ1n) is 16.7. The molecule has 4 aromatic rings. The van der Waals surface area contributed by atoms with Crippen LogP contribution in [0.25, 0.3) is 0 Å². The van der Waals surface area contributed by atoms with Crippen molar-refractivity contribution in [2.45, 2.75) is 50.1 Å². The van der Waals surface area contributed by atoms with Gasteiger partial charge in [0.1, 0.15) is 36.5 Å². The first kappa shape index (κ1) is 31.5. The largest absolute Gasteiger partial charge is 0.508 e. The Bertz CT molecular complexity index is 1800. The Kier molecular flexibility index (Phi) is 9.16. The summed E-state index contributed by atoms with van der Waals surface area (Å²) in [5, 5.41) is 12.9. The second-order valence-corrected chi connectivity index (χ2v) is 12.7. The van der Waals surface area contributed by atoms with Crippen molar-refractivity contribution in [1.29, 1.82) is 0 Å². The fraction of sp³-hybridized carbons (Fsp3) is 0.300. The van der Waals surface area contributed by atoms with Gasteiger partial charge in [0.15, 0.2) is 0 Å². The molecule has 1 fully saturated rings. The average Bonchev–Trinajstić information content (AvgIpc) is 3.42. The number of amides is 2. The molecule has 4 aromatic carbocycles. The molecule has 48 heavy (non-hydrogen) atoms. The van der Waals surface area contributed by atoms with Crippen molar-refractivity contribution in [3.05, 3.63) is 137 Å². The van der Waals surface area contributed by atoms with Gasteiger partial charge < -0.3 is 29.5 Å². The molecule has 246 valence electrons. The van der Waals surface area contributed by atoms with E-state index in [9.17, 15) is 14.7 Å². The number of aryl methyl sites for hydroxylation is 1.